The van der Waals surface area contributed by atoms with Gasteiger partial charge >= 0.3 is 0 Å². The van der Waals surface area contributed by atoms with Gasteiger partial charge in [-0.2, -0.15) is 0 Å². The Kier molecular flexibility index (Phi) is 9.48. The molecule has 0 aromatic heterocycles. The minimum Gasteiger partial charge on any atom is -0.379 e. The molecule has 1 heterocycles. The van der Waals surface area contributed by atoms with Crippen LogP contribution in [-0.2, 0) is 4.74 Å². The van der Waals surface area contributed by atoms with Crippen molar-refractivity contribution in [2.24, 2.45) is 10.7 Å². The molecule has 0 radical (unpaired) electrons. The zero-order valence-electron chi connectivity index (χ0n) is 14.9. The van der Waals surface area contributed by atoms with Crippen molar-refractivity contribution in [3.8, 4) is 0 Å². The molecular weight excluding hydrogens is 276 g/mol. The van der Waals surface area contributed by atoms with Gasteiger partial charge in [0, 0.05) is 25.2 Å². The molecule has 1 aliphatic rings. The molecule has 0 aromatic rings. The quantitative estimate of drug-likeness (QED) is 0.369. The lowest BCUT2D eigenvalue weighted by Gasteiger charge is -2.39. The first-order valence-corrected chi connectivity index (χ1v) is 8.93. The van der Waals surface area contributed by atoms with Crippen LogP contribution in [0.1, 0.15) is 59.3 Å². The fourth-order valence-electron chi connectivity index (χ4n) is 2.73. The minimum atomic E-state index is 0.0379. The molecule has 130 valence electrons. The van der Waals surface area contributed by atoms with E-state index in [2.05, 4.69) is 36.0 Å². The largest absolute Gasteiger partial charge is 0.379 e. The summed E-state index contributed by atoms with van der Waals surface area (Å²) in [6.07, 6.45) is 7.79. The molecule has 0 bridgehead atoms. The number of hydrogen-bond donors (Lipinski definition) is 2. The third kappa shape index (κ3) is 7.99. The molecule has 0 aromatic carbocycles. The van der Waals surface area contributed by atoms with E-state index in [1.165, 1.54) is 38.5 Å². The summed E-state index contributed by atoms with van der Waals surface area (Å²) < 4.78 is 5.41. The van der Waals surface area contributed by atoms with E-state index in [1.807, 2.05) is 0 Å². The van der Waals surface area contributed by atoms with Gasteiger partial charge in [0.1, 0.15) is 0 Å². The van der Waals surface area contributed by atoms with Crippen molar-refractivity contribution in [2.45, 2.75) is 64.8 Å². The Labute approximate surface area is 136 Å². The third-order valence-corrected chi connectivity index (χ3v) is 4.34. The van der Waals surface area contributed by atoms with E-state index in [9.17, 15) is 0 Å². The van der Waals surface area contributed by atoms with Crippen molar-refractivity contribution in [1.82, 2.24) is 10.2 Å². The Morgan fingerprint density at radius 2 is 1.77 bits per heavy atom. The third-order valence-electron chi connectivity index (χ3n) is 4.34. The Morgan fingerprint density at radius 3 is 2.45 bits per heavy atom. The number of unbranched alkanes of at least 4 members (excludes halogenated alkanes) is 5. The fraction of sp³-hybridized carbons (Fsp3) is 0.941. The Hall–Kier alpha value is -0.810. The summed E-state index contributed by atoms with van der Waals surface area (Å²) in [5, 5.41) is 3.23. The highest BCUT2D eigenvalue weighted by Gasteiger charge is 2.27. The first-order chi connectivity index (χ1) is 10.6. The molecule has 1 saturated heterocycles. The van der Waals surface area contributed by atoms with Gasteiger partial charge in [0.2, 0.25) is 0 Å². The van der Waals surface area contributed by atoms with Gasteiger partial charge in [0.25, 0.3) is 0 Å². The lowest BCUT2D eigenvalue weighted by atomic mass is 10.0. The van der Waals surface area contributed by atoms with Crippen molar-refractivity contribution >= 4 is 5.96 Å². The molecule has 22 heavy (non-hydrogen) atoms. The van der Waals surface area contributed by atoms with Crippen LogP contribution in [0, 0.1) is 0 Å². The first-order valence-electron chi connectivity index (χ1n) is 8.93. The number of aliphatic imine (C=N–C) groups is 1. The summed E-state index contributed by atoms with van der Waals surface area (Å²) in [5.74, 6) is 0.579. The van der Waals surface area contributed by atoms with E-state index in [0.717, 1.165) is 39.4 Å². The Balaban J connectivity index is 2.15. The molecule has 0 spiro atoms. The maximum absolute atomic E-state index is 5.97. The number of nitrogens with one attached hydrogen (secondary N) is 1. The molecule has 3 N–H and O–H groups in total. The van der Waals surface area contributed by atoms with Crippen molar-refractivity contribution in [1.29, 1.82) is 0 Å². The molecule has 1 fully saturated rings. The SMILES string of the molecule is CCCCCCCCNC(N)=NCC(C)(C)N1CCOCC1. The molecule has 1 rings (SSSR count). The minimum absolute atomic E-state index is 0.0379. The number of ether oxygens (including phenoxy) is 1. The van der Waals surface area contributed by atoms with E-state index in [4.69, 9.17) is 10.5 Å². The zero-order chi connectivity index (χ0) is 16.3. The summed E-state index contributed by atoms with van der Waals surface area (Å²) in [6.45, 7) is 11.9. The highest BCUT2D eigenvalue weighted by molar-refractivity contribution is 5.77. The Bertz CT molecular complexity index is 312. The van der Waals surface area contributed by atoms with E-state index in [0.29, 0.717) is 5.96 Å². The number of hydrogen-bond acceptors (Lipinski definition) is 3. The van der Waals surface area contributed by atoms with E-state index >= 15 is 0 Å². The van der Waals surface area contributed by atoms with E-state index in [1.54, 1.807) is 0 Å². The normalized spacial score (nSPS) is 17.7. The number of rotatable bonds is 10. The van der Waals surface area contributed by atoms with Gasteiger partial charge in [-0.15, -0.1) is 0 Å². The molecule has 0 saturated carbocycles. The van der Waals surface area contributed by atoms with Gasteiger partial charge in [-0.1, -0.05) is 39.0 Å². The van der Waals surface area contributed by atoms with Crippen molar-refractivity contribution < 1.29 is 4.74 Å². The average molecular weight is 313 g/mol. The molecule has 5 heteroatoms. The van der Waals surface area contributed by atoms with Crippen LogP contribution in [0.2, 0.25) is 0 Å². The van der Waals surface area contributed by atoms with Gasteiger partial charge in [0.05, 0.1) is 19.8 Å². The summed E-state index contributed by atoms with van der Waals surface area (Å²) in [6, 6.07) is 0. The maximum atomic E-state index is 5.97. The van der Waals surface area contributed by atoms with Crippen LogP contribution < -0.4 is 11.1 Å². The van der Waals surface area contributed by atoms with E-state index < -0.39 is 0 Å². The van der Waals surface area contributed by atoms with Crippen LogP contribution in [0.3, 0.4) is 0 Å². The van der Waals surface area contributed by atoms with Gasteiger partial charge < -0.3 is 15.8 Å². The predicted octanol–water partition coefficient (Wildman–Crippen LogP) is 2.36. The second-order valence-electron chi connectivity index (χ2n) is 6.81. The molecule has 0 unspecified atom stereocenters. The van der Waals surface area contributed by atoms with Crippen LogP contribution in [-0.4, -0.2) is 55.8 Å². The zero-order valence-corrected chi connectivity index (χ0v) is 14.9. The van der Waals surface area contributed by atoms with Crippen LogP contribution in [0.4, 0.5) is 0 Å². The van der Waals surface area contributed by atoms with Crippen LogP contribution >= 0.6 is 0 Å². The lowest BCUT2D eigenvalue weighted by molar-refractivity contribution is -0.00682. The summed E-state index contributed by atoms with van der Waals surface area (Å²) >= 11 is 0. The van der Waals surface area contributed by atoms with E-state index in [-0.39, 0.29) is 5.54 Å². The van der Waals surface area contributed by atoms with Crippen LogP contribution in [0.25, 0.3) is 0 Å². The smallest absolute Gasteiger partial charge is 0.188 e. The Morgan fingerprint density at radius 1 is 1.14 bits per heavy atom. The fourth-order valence-corrected chi connectivity index (χ4v) is 2.73. The topological polar surface area (TPSA) is 62.9 Å². The second kappa shape index (κ2) is 10.8. The number of guanidine groups is 1. The molecular formula is C17H36N4O. The van der Waals surface area contributed by atoms with Crippen molar-refractivity contribution in [3.63, 3.8) is 0 Å². The lowest BCUT2D eigenvalue weighted by Crippen LogP contribution is -2.52. The molecule has 0 amide bonds. The van der Waals surface area contributed by atoms with Gasteiger partial charge in [-0.05, 0) is 20.3 Å². The predicted molar refractivity (Wildman–Crippen MR) is 94.3 cm³/mol. The van der Waals surface area contributed by atoms with Crippen molar-refractivity contribution in [3.05, 3.63) is 0 Å². The standard InChI is InChI=1S/C17H36N4O/c1-4-5-6-7-8-9-10-19-16(18)20-15-17(2,3)21-11-13-22-14-12-21/h4-15H2,1-3H3,(H3,18,19,20). The first kappa shape index (κ1) is 19.2. The second-order valence-corrected chi connectivity index (χ2v) is 6.81. The monoisotopic (exact) mass is 312 g/mol. The van der Waals surface area contributed by atoms with Crippen LogP contribution in [0.15, 0.2) is 4.99 Å². The van der Waals surface area contributed by atoms with Crippen molar-refractivity contribution in [2.75, 3.05) is 39.4 Å². The average Bonchev–Trinajstić information content (AvgIpc) is 2.53. The number of morpholine rings is 1. The van der Waals surface area contributed by atoms with Gasteiger partial charge in [0.15, 0.2) is 5.96 Å². The van der Waals surface area contributed by atoms with Gasteiger partial charge in [-0.3, -0.25) is 9.89 Å². The highest BCUT2D eigenvalue weighted by atomic mass is 16.5. The molecule has 0 aliphatic carbocycles. The van der Waals surface area contributed by atoms with Crippen LogP contribution in [0.5, 0.6) is 0 Å². The molecule has 5 nitrogen and oxygen atoms in total. The summed E-state index contributed by atoms with van der Waals surface area (Å²) in [5.41, 5.74) is 6.01. The number of nitrogens with two attached hydrogens (primary N) is 1. The molecule has 0 atom stereocenters. The number of nitrogens with zero attached hydrogens (tertiary/aromatic N) is 2. The summed E-state index contributed by atoms with van der Waals surface area (Å²) in [7, 11) is 0. The summed E-state index contributed by atoms with van der Waals surface area (Å²) in [4.78, 5) is 6.95. The maximum Gasteiger partial charge on any atom is 0.188 e. The highest BCUT2D eigenvalue weighted by Crippen LogP contribution is 2.16. The molecule has 1 aliphatic heterocycles. The van der Waals surface area contributed by atoms with Gasteiger partial charge in [-0.25, -0.2) is 0 Å².